The van der Waals surface area contributed by atoms with Crippen molar-refractivity contribution in [3.05, 3.63) is 35.4 Å². The fourth-order valence-corrected chi connectivity index (χ4v) is 1.12. The molecule has 0 radical (unpaired) electrons. The molecule has 0 aliphatic heterocycles. The molecule has 16 heavy (non-hydrogen) atoms. The van der Waals surface area contributed by atoms with E-state index in [1.165, 1.54) is 6.92 Å². The molecule has 0 saturated carbocycles. The second kappa shape index (κ2) is 5.27. The van der Waals surface area contributed by atoms with Gasteiger partial charge in [0.05, 0.1) is 6.61 Å². The molecule has 1 aromatic carbocycles. The average molecular weight is 222 g/mol. The summed E-state index contributed by atoms with van der Waals surface area (Å²) in [5, 5.41) is 15.9. The van der Waals surface area contributed by atoms with Gasteiger partial charge in [-0.15, -0.1) is 0 Å². The van der Waals surface area contributed by atoms with E-state index in [4.69, 9.17) is 21.0 Å². The minimum Gasteiger partial charge on any atom is -0.479 e. The molecule has 0 spiro atoms. The van der Waals surface area contributed by atoms with Crippen molar-refractivity contribution >= 4 is 11.8 Å². The number of hydrogen-bond acceptors (Lipinski definition) is 3. The first kappa shape index (κ1) is 12.2. The van der Waals surface area contributed by atoms with Crippen molar-refractivity contribution in [2.75, 3.05) is 0 Å². The van der Waals surface area contributed by atoms with Crippen LogP contribution in [0.5, 0.6) is 0 Å². The Balaban J connectivity index is 2.64. The van der Waals surface area contributed by atoms with Crippen LogP contribution in [0.2, 0.25) is 0 Å². The number of nitrogens with two attached hydrogens (primary N) is 1. The maximum Gasteiger partial charge on any atom is 0.332 e. The third-order valence-electron chi connectivity index (χ3n) is 2.09. The number of ether oxygens (including phenoxy) is 1. The van der Waals surface area contributed by atoms with E-state index in [1.807, 2.05) is 0 Å². The summed E-state index contributed by atoms with van der Waals surface area (Å²) in [6.45, 7) is 1.66. The van der Waals surface area contributed by atoms with Crippen LogP contribution in [0, 0.1) is 5.41 Å². The number of carboxylic acids is 1. The molecule has 0 saturated heterocycles. The molecule has 1 unspecified atom stereocenters. The van der Waals surface area contributed by atoms with Crippen molar-refractivity contribution in [2.24, 2.45) is 5.73 Å². The van der Waals surface area contributed by atoms with E-state index in [9.17, 15) is 4.79 Å². The molecule has 0 aliphatic rings. The highest BCUT2D eigenvalue weighted by Crippen LogP contribution is 2.07. The predicted molar refractivity (Wildman–Crippen MR) is 59.3 cm³/mol. The summed E-state index contributed by atoms with van der Waals surface area (Å²) in [7, 11) is 0. The molecule has 86 valence electrons. The second-order valence-corrected chi connectivity index (χ2v) is 3.41. The molecule has 5 nitrogen and oxygen atoms in total. The summed E-state index contributed by atoms with van der Waals surface area (Å²) in [6, 6.07) is 6.96. The number of hydrogen-bond donors (Lipinski definition) is 3. The minimum atomic E-state index is -0.997. The lowest BCUT2D eigenvalue weighted by Crippen LogP contribution is -2.19. The van der Waals surface area contributed by atoms with Crippen LogP contribution in [0.15, 0.2) is 24.3 Å². The van der Waals surface area contributed by atoms with Gasteiger partial charge >= 0.3 is 5.97 Å². The van der Waals surface area contributed by atoms with Crippen molar-refractivity contribution in [2.45, 2.75) is 19.6 Å². The van der Waals surface area contributed by atoms with E-state index in [-0.39, 0.29) is 12.4 Å². The number of nitrogens with one attached hydrogen (secondary N) is 1. The fraction of sp³-hybridized carbons (Fsp3) is 0.273. The number of carboxylic acid groups (broad SMARTS) is 1. The SMILES string of the molecule is CC(OCc1cccc(C(=N)N)c1)C(=O)O. The van der Waals surface area contributed by atoms with Gasteiger partial charge < -0.3 is 15.6 Å². The van der Waals surface area contributed by atoms with E-state index < -0.39 is 12.1 Å². The van der Waals surface area contributed by atoms with E-state index in [1.54, 1.807) is 24.3 Å². The Kier molecular flexibility index (Phi) is 4.02. The first-order valence-electron chi connectivity index (χ1n) is 4.78. The molecular weight excluding hydrogens is 208 g/mol. The van der Waals surface area contributed by atoms with Gasteiger partial charge in [-0.3, -0.25) is 5.41 Å². The molecule has 0 fully saturated rings. The number of aliphatic carboxylic acids is 1. The summed E-state index contributed by atoms with van der Waals surface area (Å²) in [5.41, 5.74) is 6.73. The lowest BCUT2D eigenvalue weighted by molar-refractivity contribution is -0.149. The molecular formula is C11H14N2O3. The van der Waals surface area contributed by atoms with Gasteiger partial charge in [0.2, 0.25) is 0 Å². The number of amidine groups is 1. The third-order valence-corrected chi connectivity index (χ3v) is 2.09. The van der Waals surface area contributed by atoms with Crippen LogP contribution in [0.1, 0.15) is 18.1 Å². The fourth-order valence-electron chi connectivity index (χ4n) is 1.12. The van der Waals surface area contributed by atoms with Gasteiger partial charge in [0.25, 0.3) is 0 Å². The molecule has 4 N–H and O–H groups in total. The monoisotopic (exact) mass is 222 g/mol. The maximum absolute atomic E-state index is 10.5. The lowest BCUT2D eigenvalue weighted by atomic mass is 10.1. The maximum atomic E-state index is 10.5. The van der Waals surface area contributed by atoms with Gasteiger partial charge in [-0.25, -0.2) is 4.79 Å². The summed E-state index contributed by atoms with van der Waals surface area (Å²) in [5.74, 6) is -1.02. The van der Waals surface area contributed by atoms with E-state index >= 15 is 0 Å². The highest BCUT2D eigenvalue weighted by Gasteiger charge is 2.10. The molecule has 0 bridgehead atoms. The van der Waals surface area contributed by atoms with Crippen molar-refractivity contribution in [3.8, 4) is 0 Å². The van der Waals surface area contributed by atoms with Crippen molar-refractivity contribution < 1.29 is 14.6 Å². The quantitative estimate of drug-likeness (QED) is 0.510. The second-order valence-electron chi connectivity index (χ2n) is 3.41. The molecule has 0 amide bonds. The van der Waals surface area contributed by atoms with Crippen LogP contribution < -0.4 is 5.73 Å². The standard InChI is InChI=1S/C11H14N2O3/c1-7(11(14)15)16-6-8-3-2-4-9(5-8)10(12)13/h2-5,7H,6H2,1H3,(H3,12,13)(H,14,15). The highest BCUT2D eigenvalue weighted by molar-refractivity contribution is 5.95. The van der Waals surface area contributed by atoms with Crippen molar-refractivity contribution in [3.63, 3.8) is 0 Å². The van der Waals surface area contributed by atoms with Crippen molar-refractivity contribution in [1.29, 1.82) is 5.41 Å². The predicted octanol–water partition coefficient (Wildman–Crippen LogP) is 0.960. The zero-order chi connectivity index (χ0) is 12.1. The molecule has 1 aromatic rings. The molecule has 0 aromatic heterocycles. The van der Waals surface area contributed by atoms with Gasteiger partial charge in [0.1, 0.15) is 5.84 Å². The van der Waals surface area contributed by atoms with Crippen LogP contribution in [0.3, 0.4) is 0 Å². The number of nitrogen functional groups attached to an aromatic ring is 1. The van der Waals surface area contributed by atoms with Crippen LogP contribution in [0.25, 0.3) is 0 Å². The highest BCUT2D eigenvalue weighted by atomic mass is 16.5. The smallest absolute Gasteiger partial charge is 0.332 e. The first-order valence-corrected chi connectivity index (χ1v) is 4.78. The van der Waals surface area contributed by atoms with Crippen LogP contribution in [-0.4, -0.2) is 23.0 Å². The van der Waals surface area contributed by atoms with E-state index in [0.717, 1.165) is 5.56 Å². The zero-order valence-corrected chi connectivity index (χ0v) is 8.93. The summed E-state index contributed by atoms with van der Waals surface area (Å²) >= 11 is 0. The zero-order valence-electron chi connectivity index (χ0n) is 8.93. The Morgan fingerprint density at radius 2 is 2.31 bits per heavy atom. The van der Waals surface area contributed by atoms with Gasteiger partial charge in [0, 0.05) is 5.56 Å². The normalized spacial score (nSPS) is 12.1. The molecule has 1 atom stereocenters. The number of carbonyl (C=O) groups is 1. The minimum absolute atomic E-state index is 0.0202. The third kappa shape index (κ3) is 3.36. The summed E-state index contributed by atoms with van der Waals surface area (Å²) in [6.07, 6.45) is -0.846. The lowest BCUT2D eigenvalue weighted by Gasteiger charge is -2.09. The topological polar surface area (TPSA) is 96.4 Å². The van der Waals surface area contributed by atoms with Gasteiger partial charge in [0.15, 0.2) is 6.10 Å². The van der Waals surface area contributed by atoms with Crippen LogP contribution >= 0.6 is 0 Å². The van der Waals surface area contributed by atoms with Crippen LogP contribution in [0.4, 0.5) is 0 Å². The Bertz CT molecular complexity index is 404. The Morgan fingerprint density at radius 1 is 1.62 bits per heavy atom. The molecule has 0 aliphatic carbocycles. The summed E-state index contributed by atoms with van der Waals surface area (Å²) in [4.78, 5) is 10.5. The van der Waals surface area contributed by atoms with Crippen molar-refractivity contribution in [1.82, 2.24) is 0 Å². The Morgan fingerprint density at radius 3 is 2.88 bits per heavy atom. The summed E-state index contributed by atoms with van der Waals surface area (Å²) < 4.78 is 5.11. The van der Waals surface area contributed by atoms with Gasteiger partial charge in [-0.1, -0.05) is 18.2 Å². The largest absolute Gasteiger partial charge is 0.479 e. The molecule has 5 heteroatoms. The Hall–Kier alpha value is -1.88. The Labute approximate surface area is 93.4 Å². The molecule has 1 rings (SSSR count). The first-order chi connectivity index (χ1) is 7.50. The van der Waals surface area contributed by atoms with Crippen LogP contribution in [-0.2, 0) is 16.1 Å². The van der Waals surface area contributed by atoms with Gasteiger partial charge in [-0.2, -0.15) is 0 Å². The van der Waals surface area contributed by atoms with E-state index in [0.29, 0.717) is 5.56 Å². The average Bonchev–Trinajstić information content (AvgIpc) is 2.26. The number of benzene rings is 1. The number of rotatable bonds is 5. The van der Waals surface area contributed by atoms with Gasteiger partial charge in [-0.05, 0) is 18.6 Å². The molecule has 0 heterocycles. The van der Waals surface area contributed by atoms with E-state index in [2.05, 4.69) is 0 Å².